The van der Waals surface area contributed by atoms with Crippen LogP contribution in [0.4, 0.5) is 0 Å². The van der Waals surface area contributed by atoms with E-state index in [1.165, 1.54) is 5.56 Å². The maximum atomic E-state index is 4.03. The molecule has 0 bridgehead atoms. The monoisotopic (exact) mass is 175 g/mol. The van der Waals surface area contributed by atoms with Crippen molar-refractivity contribution in [2.45, 2.75) is 26.2 Å². The predicted octanol–water partition coefficient (Wildman–Crippen LogP) is 2.24. The summed E-state index contributed by atoms with van der Waals surface area (Å²) in [7, 11) is 0. The van der Waals surface area contributed by atoms with Crippen molar-refractivity contribution < 1.29 is 0 Å². The van der Waals surface area contributed by atoms with Gasteiger partial charge in [-0.25, -0.2) is 0 Å². The molecule has 2 aromatic heterocycles. The molecule has 3 nitrogen and oxygen atoms in total. The largest absolute Gasteiger partial charge is 0.305 e. The lowest BCUT2D eigenvalue weighted by Crippen LogP contribution is -1.87. The van der Waals surface area contributed by atoms with E-state index in [9.17, 15) is 0 Å². The first-order valence-electron chi connectivity index (χ1n) is 4.60. The van der Waals surface area contributed by atoms with Crippen molar-refractivity contribution in [1.29, 1.82) is 0 Å². The number of hydrogen-bond acceptors (Lipinski definition) is 2. The minimum atomic E-state index is 0.599. The molecule has 0 saturated heterocycles. The Morgan fingerprint density at radius 1 is 1.54 bits per heavy atom. The van der Waals surface area contributed by atoms with Crippen molar-refractivity contribution >= 4 is 5.65 Å². The van der Waals surface area contributed by atoms with E-state index in [0.29, 0.717) is 5.92 Å². The number of fused-ring (bicyclic) bond motifs is 1. The van der Waals surface area contributed by atoms with Crippen LogP contribution < -0.4 is 0 Å². The standard InChI is InChI=1S/C10H13N3/c1-3-8(2)9-6-10-12-11-4-5-13(10)7-9/h4-8H,3H2,1-2H3. The van der Waals surface area contributed by atoms with E-state index in [4.69, 9.17) is 0 Å². The highest BCUT2D eigenvalue weighted by Gasteiger charge is 2.06. The predicted molar refractivity (Wildman–Crippen MR) is 51.7 cm³/mol. The molecule has 1 unspecified atom stereocenters. The quantitative estimate of drug-likeness (QED) is 0.700. The van der Waals surface area contributed by atoms with Gasteiger partial charge in [0.15, 0.2) is 5.65 Å². The van der Waals surface area contributed by atoms with Crippen LogP contribution in [-0.2, 0) is 0 Å². The summed E-state index contributed by atoms with van der Waals surface area (Å²) >= 11 is 0. The number of hydrogen-bond donors (Lipinski definition) is 0. The number of rotatable bonds is 2. The molecular formula is C10H13N3. The highest BCUT2D eigenvalue weighted by Crippen LogP contribution is 2.20. The van der Waals surface area contributed by atoms with Gasteiger partial charge in [0, 0.05) is 12.4 Å². The third kappa shape index (κ3) is 1.41. The van der Waals surface area contributed by atoms with Gasteiger partial charge in [0.05, 0.1) is 6.20 Å². The summed E-state index contributed by atoms with van der Waals surface area (Å²) in [6, 6.07) is 2.10. The van der Waals surface area contributed by atoms with Crippen LogP contribution in [0.3, 0.4) is 0 Å². The molecule has 2 rings (SSSR count). The molecule has 0 aliphatic heterocycles. The Kier molecular flexibility index (Phi) is 2.00. The molecule has 0 fully saturated rings. The first-order chi connectivity index (χ1) is 6.31. The average molecular weight is 175 g/mol. The molecule has 2 heterocycles. The van der Waals surface area contributed by atoms with Crippen molar-refractivity contribution in [2.24, 2.45) is 0 Å². The Hall–Kier alpha value is -1.38. The molecule has 0 spiro atoms. The van der Waals surface area contributed by atoms with E-state index < -0.39 is 0 Å². The van der Waals surface area contributed by atoms with E-state index in [0.717, 1.165) is 12.1 Å². The molecule has 1 atom stereocenters. The minimum Gasteiger partial charge on any atom is -0.305 e. The van der Waals surface area contributed by atoms with Crippen LogP contribution in [0.2, 0.25) is 0 Å². The highest BCUT2D eigenvalue weighted by molar-refractivity contribution is 5.42. The molecule has 0 N–H and O–H groups in total. The van der Waals surface area contributed by atoms with Gasteiger partial charge in [-0.15, -0.1) is 5.10 Å². The second-order valence-corrected chi connectivity index (χ2v) is 3.36. The van der Waals surface area contributed by atoms with E-state index in [-0.39, 0.29) is 0 Å². The smallest absolute Gasteiger partial charge is 0.159 e. The molecule has 0 aliphatic rings. The molecule has 13 heavy (non-hydrogen) atoms. The first-order valence-corrected chi connectivity index (χ1v) is 4.60. The van der Waals surface area contributed by atoms with Gasteiger partial charge in [-0.3, -0.25) is 0 Å². The fraction of sp³-hybridized carbons (Fsp3) is 0.400. The molecule has 0 aromatic carbocycles. The lowest BCUT2D eigenvalue weighted by molar-refractivity contribution is 0.733. The summed E-state index contributed by atoms with van der Waals surface area (Å²) < 4.78 is 2.01. The average Bonchev–Trinajstić information content (AvgIpc) is 2.59. The maximum Gasteiger partial charge on any atom is 0.159 e. The van der Waals surface area contributed by atoms with Gasteiger partial charge >= 0.3 is 0 Å². The number of nitrogens with zero attached hydrogens (tertiary/aromatic N) is 3. The van der Waals surface area contributed by atoms with Gasteiger partial charge in [0.25, 0.3) is 0 Å². The highest BCUT2D eigenvalue weighted by atomic mass is 15.2. The molecule has 0 saturated carbocycles. The van der Waals surface area contributed by atoms with Crippen molar-refractivity contribution in [3.63, 3.8) is 0 Å². The van der Waals surface area contributed by atoms with E-state index in [1.807, 2.05) is 10.6 Å². The van der Waals surface area contributed by atoms with E-state index >= 15 is 0 Å². The zero-order valence-electron chi connectivity index (χ0n) is 7.94. The molecule has 0 radical (unpaired) electrons. The lowest BCUT2D eigenvalue weighted by Gasteiger charge is -2.02. The SMILES string of the molecule is CCC(C)c1cc2nnccn2c1. The second kappa shape index (κ2) is 3.17. The van der Waals surface area contributed by atoms with Crippen molar-refractivity contribution in [1.82, 2.24) is 14.6 Å². The van der Waals surface area contributed by atoms with E-state index in [2.05, 4.69) is 36.3 Å². The zero-order chi connectivity index (χ0) is 9.26. The summed E-state index contributed by atoms with van der Waals surface area (Å²) in [4.78, 5) is 0. The van der Waals surface area contributed by atoms with E-state index in [1.54, 1.807) is 6.20 Å². The summed E-state index contributed by atoms with van der Waals surface area (Å²) in [5.74, 6) is 0.599. The Morgan fingerprint density at radius 2 is 2.38 bits per heavy atom. The molecule has 68 valence electrons. The van der Waals surface area contributed by atoms with Gasteiger partial charge in [-0.05, 0) is 24.0 Å². The fourth-order valence-electron chi connectivity index (χ4n) is 1.39. The Balaban J connectivity index is 2.49. The Labute approximate surface area is 77.4 Å². The summed E-state index contributed by atoms with van der Waals surface area (Å²) in [5, 5.41) is 7.87. The van der Waals surface area contributed by atoms with Crippen molar-refractivity contribution in [3.05, 3.63) is 30.2 Å². The third-order valence-corrected chi connectivity index (χ3v) is 2.48. The maximum absolute atomic E-state index is 4.03. The van der Waals surface area contributed by atoms with Crippen LogP contribution in [0.1, 0.15) is 31.7 Å². The van der Waals surface area contributed by atoms with Crippen LogP contribution in [0, 0.1) is 0 Å². The van der Waals surface area contributed by atoms with Gasteiger partial charge in [0.2, 0.25) is 0 Å². The molecule has 0 amide bonds. The summed E-state index contributed by atoms with van der Waals surface area (Å²) in [6.07, 6.45) is 6.91. The van der Waals surface area contributed by atoms with Crippen LogP contribution in [0.25, 0.3) is 5.65 Å². The minimum absolute atomic E-state index is 0.599. The van der Waals surface area contributed by atoms with Gasteiger partial charge in [-0.2, -0.15) is 5.10 Å². The molecule has 3 heteroatoms. The van der Waals surface area contributed by atoms with Gasteiger partial charge < -0.3 is 4.40 Å². The molecule has 2 aromatic rings. The Morgan fingerprint density at radius 3 is 3.08 bits per heavy atom. The summed E-state index contributed by atoms with van der Waals surface area (Å²) in [5.41, 5.74) is 2.26. The topological polar surface area (TPSA) is 30.2 Å². The van der Waals surface area contributed by atoms with Gasteiger partial charge in [0.1, 0.15) is 0 Å². The van der Waals surface area contributed by atoms with Gasteiger partial charge in [-0.1, -0.05) is 13.8 Å². The Bertz CT molecular complexity index is 372. The zero-order valence-corrected chi connectivity index (χ0v) is 7.94. The summed E-state index contributed by atoms with van der Waals surface area (Å²) in [6.45, 7) is 4.42. The normalized spacial score (nSPS) is 13.4. The third-order valence-electron chi connectivity index (χ3n) is 2.48. The lowest BCUT2D eigenvalue weighted by atomic mass is 10.0. The fourth-order valence-corrected chi connectivity index (χ4v) is 1.39. The number of aromatic nitrogens is 3. The molecule has 0 aliphatic carbocycles. The van der Waals surface area contributed by atoms with Crippen LogP contribution in [0.15, 0.2) is 24.7 Å². The van der Waals surface area contributed by atoms with Crippen molar-refractivity contribution in [3.8, 4) is 0 Å². The van der Waals surface area contributed by atoms with Crippen LogP contribution in [0.5, 0.6) is 0 Å². The second-order valence-electron chi connectivity index (χ2n) is 3.36. The van der Waals surface area contributed by atoms with Crippen LogP contribution in [-0.4, -0.2) is 14.6 Å². The first kappa shape index (κ1) is 8.23. The molecular weight excluding hydrogens is 162 g/mol. The van der Waals surface area contributed by atoms with Crippen LogP contribution >= 0.6 is 0 Å². The van der Waals surface area contributed by atoms with Crippen molar-refractivity contribution in [2.75, 3.05) is 0 Å².